The first-order valence-electron chi connectivity index (χ1n) is 7.36. The molecule has 120 valence electrons. The van der Waals surface area contributed by atoms with E-state index in [1.165, 1.54) is 0 Å². The van der Waals surface area contributed by atoms with Crippen LogP contribution < -0.4 is 10.1 Å². The molecule has 0 bridgehead atoms. The molecule has 1 atom stereocenters. The molecule has 2 rings (SSSR count). The molecule has 6 heteroatoms. The van der Waals surface area contributed by atoms with Crippen LogP contribution in [0.25, 0.3) is 0 Å². The Labute approximate surface area is 135 Å². The molecule has 0 amide bonds. The van der Waals surface area contributed by atoms with Crippen LogP contribution in [0, 0.1) is 6.92 Å². The first kappa shape index (κ1) is 16.6. The van der Waals surface area contributed by atoms with Crippen LogP contribution in [-0.4, -0.2) is 33.4 Å². The maximum atomic E-state index is 9.54. The number of aliphatic hydroxyl groups excluding tert-OH is 1. The smallest absolute Gasteiger partial charge is 0.142 e. The van der Waals surface area contributed by atoms with Gasteiger partial charge < -0.3 is 15.2 Å². The lowest BCUT2D eigenvalue weighted by molar-refractivity contribution is 0.211. The van der Waals surface area contributed by atoms with E-state index in [4.69, 9.17) is 16.3 Å². The van der Waals surface area contributed by atoms with E-state index in [2.05, 4.69) is 17.3 Å². The van der Waals surface area contributed by atoms with Gasteiger partial charge in [-0.05, 0) is 26.0 Å². The summed E-state index contributed by atoms with van der Waals surface area (Å²) in [5.74, 6) is 0.943. The van der Waals surface area contributed by atoms with Gasteiger partial charge in [0.15, 0.2) is 0 Å². The van der Waals surface area contributed by atoms with Crippen LogP contribution in [0.3, 0.4) is 0 Å². The number of hydrogen-bond acceptors (Lipinski definition) is 4. The molecule has 0 spiro atoms. The number of nitrogens with zero attached hydrogens (tertiary/aromatic N) is 2. The van der Waals surface area contributed by atoms with Gasteiger partial charge in [-0.1, -0.05) is 12.1 Å². The maximum absolute atomic E-state index is 9.54. The standard InChI is InChI=1S/C16H22ClN3O2/c1-3-20-10-13(12(2)19-20)11-22-16-7-5-4-6-15(16)18-9-14(21)8-17/h4-7,10,14,18,21H,3,8-9,11H2,1-2H3. The minimum atomic E-state index is -0.584. The van der Waals surface area contributed by atoms with Gasteiger partial charge in [0, 0.05) is 24.8 Å². The Morgan fingerprint density at radius 2 is 2.18 bits per heavy atom. The molecule has 1 heterocycles. The predicted octanol–water partition coefficient (Wildman–Crippen LogP) is 2.80. The maximum Gasteiger partial charge on any atom is 0.142 e. The summed E-state index contributed by atoms with van der Waals surface area (Å²) in [6.07, 6.45) is 1.42. The normalized spacial score (nSPS) is 12.2. The van der Waals surface area contributed by atoms with Crippen LogP contribution in [-0.2, 0) is 13.2 Å². The van der Waals surface area contributed by atoms with Gasteiger partial charge in [0.1, 0.15) is 12.4 Å². The van der Waals surface area contributed by atoms with Crippen LogP contribution in [0.1, 0.15) is 18.2 Å². The van der Waals surface area contributed by atoms with E-state index in [1.54, 1.807) is 0 Å². The van der Waals surface area contributed by atoms with Crippen molar-refractivity contribution in [2.45, 2.75) is 33.1 Å². The van der Waals surface area contributed by atoms with E-state index in [1.807, 2.05) is 42.1 Å². The predicted molar refractivity (Wildman–Crippen MR) is 88.6 cm³/mol. The molecule has 0 aliphatic carbocycles. The number of aliphatic hydroxyl groups is 1. The summed E-state index contributed by atoms with van der Waals surface area (Å²) < 4.78 is 7.80. The molecular formula is C16H22ClN3O2. The van der Waals surface area contributed by atoms with Gasteiger partial charge in [-0.3, -0.25) is 4.68 Å². The van der Waals surface area contributed by atoms with Gasteiger partial charge in [-0.2, -0.15) is 5.10 Å². The molecule has 0 radical (unpaired) electrons. The highest BCUT2D eigenvalue weighted by Crippen LogP contribution is 2.25. The van der Waals surface area contributed by atoms with E-state index in [-0.39, 0.29) is 5.88 Å². The Bertz CT molecular complexity index is 601. The monoisotopic (exact) mass is 323 g/mol. The third kappa shape index (κ3) is 4.39. The molecule has 0 saturated heterocycles. The Kier molecular flexibility index (Phi) is 6.10. The highest BCUT2D eigenvalue weighted by Gasteiger charge is 2.08. The zero-order chi connectivity index (χ0) is 15.9. The lowest BCUT2D eigenvalue weighted by Crippen LogP contribution is -2.21. The summed E-state index contributed by atoms with van der Waals surface area (Å²) in [6, 6.07) is 7.65. The van der Waals surface area contributed by atoms with Crippen LogP contribution >= 0.6 is 11.6 Å². The van der Waals surface area contributed by atoms with Gasteiger partial charge in [-0.15, -0.1) is 11.6 Å². The van der Waals surface area contributed by atoms with Gasteiger partial charge >= 0.3 is 0 Å². The average Bonchev–Trinajstić information content (AvgIpc) is 2.91. The third-order valence-corrected chi connectivity index (χ3v) is 3.70. The number of ether oxygens (including phenoxy) is 1. The highest BCUT2D eigenvalue weighted by atomic mass is 35.5. The number of aryl methyl sites for hydroxylation is 2. The summed E-state index contributed by atoms with van der Waals surface area (Å²) in [5, 5.41) is 17.1. The fourth-order valence-corrected chi connectivity index (χ4v) is 2.15. The summed E-state index contributed by atoms with van der Waals surface area (Å²) >= 11 is 5.60. The highest BCUT2D eigenvalue weighted by molar-refractivity contribution is 6.18. The van der Waals surface area contributed by atoms with Crippen molar-refractivity contribution in [3.8, 4) is 5.75 Å². The Morgan fingerprint density at radius 3 is 2.86 bits per heavy atom. The van der Waals surface area contributed by atoms with Gasteiger partial charge in [0.2, 0.25) is 0 Å². The zero-order valence-electron chi connectivity index (χ0n) is 12.9. The number of hydrogen-bond donors (Lipinski definition) is 2. The molecule has 22 heavy (non-hydrogen) atoms. The number of para-hydroxylation sites is 2. The minimum absolute atomic E-state index is 0.200. The van der Waals surface area contributed by atoms with Crippen LogP contribution in [0.2, 0.25) is 0 Å². The second-order valence-electron chi connectivity index (χ2n) is 5.07. The van der Waals surface area contributed by atoms with Gasteiger partial charge in [0.25, 0.3) is 0 Å². The molecule has 1 unspecified atom stereocenters. The van der Waals surface area contributed by atoms with E-state index < -0.39 is 6.10 Å². The fourth-order valence-electron chi connectivity index (χ4n) is 2.04. The lowest BCUT2D eigenvalue weighted by Gasteiger charge is -2.14. The number of benzene rings is 1. The van der Waals surface area contributed by atoms with E-state index in [9.17, 15) is 5.11 Å². The number of alkyl halides is 1. The third-order valence-electron chi connectivity index (χ3n) is 3.35. The van der Waals surface area contributed by atoms with Crippen molar-refractivity contribution in [2.75, 3.05) is 17.7 Å². The van der Waals surface area contributed by atoms with Crippen LogP contribution in [0.4, 0.5) is 5.69 Å². The molecule has 5 nitrogen and oxygen atoms in total. The second-order valence-corrected chi connectivity index (χ2v) is 5.38. The molecule has 1 aromatic heterocycles. The number of rotatable bonds is 8. The Hall–Kier alpha value is -1.72. The number of halogens is 1. The first-order valence-corrected chi connectivity index (χ1v) is 7.90. The van der Waals surface area contributed by atoms with Crippen molar-refractivity contribution < 1.29 is 9.84 Å². The summed E-state index contributed by atoms with van der Waals surface area (Å²) in [4.78, 5) is 0. The topological polar surface area (TPSA) is 59.3 Å². The van der Waals surface area contributed by atoms with Crippen molar-refractivity contribution >= 4 is 17.3 Å². The molecule has 2 aromatic rings. The Balaban J connectivity index is 2.01. The fraction of sp³-hybridized carbons (Fsp3) is 0.438. The van der Waals surface area contributed by atoms with Crippen molar-refractivity contribution in [2.24, 2.45) is 0 Å². The molecular weight excluding hydrogens is 302 g/mol. The summed E-state index contributed by atoms with van der Waals surface area (Å²) in [6.45, 7) is 5.72. The number of anilines is 1. The van der Waals surface area contributed by atoms with Crippen molar-refractivity contribution in [3.63, 3.8) is 0 Å². The molecule has 2 N–H and O–H groups in total. The lowest BCUT2D eigenvalue weighted by atomic mass is 10.2. The quantitative estimate of drug-likeness (QED) is 0.733. The molecule has 1 aromatic carbocycles. The van der Waals surface area contributed by atoms with E-state index >= 15 is 0 Å². The SMILES string of the molecule is CCn1cc(COc2ccccc2NCC(O)CCl)c(C)n1. The van der Waals surface area contributed by atoms with Gasteiger partial charge in [0.05, 0.1) is 23.4 Å². The second kappa shape index (κ2) is 8.06. The van der Waals surface area contributed by atoms with E-state index in [0.717, 1.165) is 29.2 Å². The molecule has 0 fully saturated rings. The number of aromatic nitrogens is 2. The average molecular weight is 324 g/mol. The minimum Gasteiger partial charge on any atom is -0.487 e. The van der Waals surface area contributed by atoms with Crippen molar-refractivity contribution in [1.82, 2.24) is 9.78 Å². The molecule has 0 saturated carbocycles. The largest absolute Gasteiger partial charge is 0.487 e. The van der Waals surface area contributed by atoms with Crippen LogP contribution in [0.5, 0.6) is 5.75 Å². The van der Waals surface area contributed by atoms with Crippen molar-refractivity contribution in [1.29, 1.82) is 0 Å². The van der Waals surface area contributed by atoms with Crippen molar-refractivity contribution in [3.05, 3.63) is 41.7 Å². The van der Waals surface area contributed by atoms with Gasteiger partial charge in [-0.25, -0.2) is 0 Å². The summed E-state index contributed by atoms with van der Waals surface area (Å²) in [5.41, 5.74) is 2.88. The number of nitrogens with one attached hydrogen (secondary N) is 1. The van der Waals surface area contributed by atoms with Crippen LogP contribution in [0.15, 0.2) is 30.5 Å². The summed E-state index contributed by atoms with van der Waals surface area (Å²) in [7, 11) is 0. The Morgan fingerprint density at radius 1 is 1.41 bits per heavy atom. The molecule has 0 aliphatic heterocycles. The van der Waals surface area contributed by atoms with E-state index in [0.29, 0.717) is 13.2 Å². The zero-order valence-corrected chi connectivity index (χ0v) is 13.7. The molecule has 0 aliphatic rings. The first-order chi connectivity index (χ1) is 10.6.